The monoisotopic (exact) mass is 349 g/mol. The number of amides is 1. The summed E-state index contributed by atoms with van der Waals surface area (Å²) in [6.45, 7) is 5.20. The standard InChI is InChI=1S/C19H31N3O3/c1-13-11-22(14(2)12-23)19(24)9-15-8-16(21(4)5)6-7-17(15)25-18(13)10-20-3/h6-8,13-14,18,20,23H,9-12H2,1-5H3/t13-,14-,18+/m1/s1. The summed E-state index contributed by atoms with van der Waals surface area (Å²) in [6, 6.07) is 5.78. The quantitative estimate of drug-likeness (QED) is 0.834. The van der Waals surface area contributed by atoms with Crippen LogP contribution in [0.4, 0.5) is 5.69 Å². The first-order chi connectivity index (χ1) is 11.9. The Morgan fingerprint density at radius 2 is 2.16 bits per heavy atom. The van der Waals surface area contributed by atoms with Crippen molar-refractivity contribution < 1.29 is 14.6 Å². The SMILES string of the molecule is CNC[C@@H]1Oc2ccc(N(C)C)cc2CC(=O)N([C@H](C)CO)C[C@H]1C. The summed E-state index contributed by atoms with van der Waals surface area (Å²) < 4.78 is 6.29. The molecule has 3 atom stereocenters. The highest BCUT2D eigenvalue weighted by molar-refractivity contribution is 5.80. The largest absolute Gasteiger partial charge is 0.488 e. The highest BCUT2D eigenvalue weighted by atomic mass is 16.5. The van der Waals surface area contributed by atoms with Crippen LogP contribution in [0.2, 0.25) is 0 Å². The van der Waals surface area contributed by atoms with E-state index in [4.69, 9.17) is 4.74 Å². The van der Waals surface area contributed by atoms with Crippen LogP contribution in [-0.4, -0.2) is 68.9 Å². The third-order valence-electron chi connectivity index (χ3n) is 4.82. The minimum absolute atomic E-state index is 0.0271. The van der Waals surface area contributed by atoms with E-state index in [9.17, 15) is 9.90 Å². The van der Waals surface area contributed by atoms with E-state index in [0.29, 0.717) is 13.1 Å². The predicted molar refractivity (Wildman–Crippen MR) is 100 cm³/mol. The van der Waals surface area contributed by atoms with Gasteiger partial charge >= 0.3 is 0 Å². The summed E-state index contributed by atoms with van der Waals surface area (Å²) in [4.78, 5) is 16.7. The molecular formula is C19H31N3O3. The van der Waals surface area contributed by atoms with Crippen LogP contribution >= 0.6 is 0 Å². The Bertz CT molecular complexity index is 591. The zero-order chi connectivity index (χ0) is 18.6. The summed E-state index contributed by atoms with van der Waals surface area (Å²) in [5.41, 5.74) is 1.93. The van der Waals surface area contributed by atoms with Crippen molar-refractivity contribution in [3.8, 4) is 5.75 Å². The molecule has 0 bridgehead atoms. The highest BCUT2D eigenvalue weighted by Gasteiger charge is 2.30. The summed E-state index contributed by atoms with van der Waals surface area (Å²) >= 11 is 0. The maximum atomic E-state index is 12.9. The Hall–Kier alpha value is -1.79. The molecule has 0 aromatic heterocycles. The smallest absolute Gasteiger partial charge is 0.227 e. The third kappa shape index (κ3) is 4.64. The molecule has 0 aliphatic carbocycles. The van der Waals surface area contributed by atoms with Crippen LogP contribution in [0.3, 0.4) is 0 Å². The molecule has 1 aromatic rings. The third-order valence-corrected chi connectivity index (χ3v) is 4.82. The topological polar surface area (TPSA) is 65.0 Å². The predicted octanol–water partition coefficient (Wildman–Crippen LogP) is 1.12. The van der Waals surface area contributed by atoms with Crippen molar-refractivity contribution in [2.75, 3.05) is 45.7 Å². The molecule has 0 saturated heterocycles. The Morgan fingerprint density at radius 1 is 1.44 bits per heavy atom. The van der Waals surface area contributed by atoms with Crippen molar-refractivity contribution in [1.29, 1.82) is 0 Å². The van der Waals surface area contributed by atoms with Gasteiger partial charge in [-0.1, -0.05) is 6.92 Å². The van der Waals surface area contributed by atoms with Gasteiger partial charge in [-0.05, 0) is 32.2 Å². The van der Waals surface area contributed by atoms with E-state index in [2.05, 4.69) is 12.2 Å². The Balaban J connectivity index is 2.44. The molecular weight excluding hydrogens is 318 g/mol. The van der Waals surface area contributed by atoms with Gasteiger partial charge in [-0.25, -0.2) is 0 Å². The summed E-state index contributed by atoms with van der Waals surface area (Å²) in [6.07, 6.45) is 0.230. The molecule has 2 N–H and O–H groups in total. The van der Waals surface area contributed by atoms with Gasteiger partial charge in [0, 0.05) is 44.4 Å². The lowest BCUT2D eigenvalue weighted by Gasteiger charge is -2.32. The van der Waals surface area contributed by atoms with Crippen molar-refractivity contribution >= 4 is 11.6 Å². The fourth-order valence-electron chi connectivity index (χ4n) is 3.14. The van der Waals surface area contributed by atoms with E-state index in [0.717, 1.165) is 17.0 Å². The lowest BCUT2D eigenvalue weighted by molar-refractivity contribution is -0.134. The fourth-order valence-corrected chi connectivity index (χ4v) is 3.14. The van der Waals surface area contributed by atoms with Crippen molar-refractivity contribution in [1.82, 2.24) is 10.2 Å². The molecule has 0 spiro atoms. The first-order valence-electron chi connectivity index (χ1n) is 8.89. The van der Waals surface area contributed by atoms with Gasteiger partial charge in [0.1, 0.15) is 11.9 Å². The number of nitrogens with zero attached hydrogens (tertiary/aromatic N) is 2. The number of anilines is 1. The molecule has 0 fully saturated rings. The minimum atomic E-state index is -0.205. The van der Waals surface area contributed by atoms with Crippen LogP contribution in [0, 0.1) is 5.92 Å². The van der Waals surface area contributed by atoms with E-state index in [-0.39, 0.29) is 37.0 Å². The van der Waals surface area contributed by atoms with Crippen molar-refractivity contribution in [3.05, 3.63) is 23.8 Å². The number of nitrogens with one attached hydrogen (secondary N) is 1. The lowest BCUT2D eigenvalue weighted by atomic mass is 10.0. The van der Waals surface area contributed by atoms with E-state index in [1.165, 1.54) is 0 Å². The molecule has 140 valence electrons. The molecule has 1 amide bonds. The molecule has 1 heterocycles. The van der Waals surface area contributed by atoms with Gasteiger partial charge in [0.2, 0.25) is 5.91 Å². The number of aliphatic hydroxyl groups is 1. The van der Waals surface area contributed by atoms with Gasteiger partial charge < -0.3 is 25.0 Å². The van der Waals surface area contributed by atoms with Gasteiger partial charge in [0.15, 0.2) is 0 Å². The molecule has 1 aromatic carbocycles. The number of benzene rings is 1. The molecule has 0 radical (unpaired) electrons. The summed E-state index contributed by atoms with van der Waals surface area (Å²) in [5, 5.41) is 12.7. The Kier molecular flexibility index (Phi) is 6.67. The number of fused-ring (bicyclic) bond motifs is 1. The van der Waals surface area contributed by atoms with Gasteiger partial charge in [-0.2, -0.15) is 0 Å². The second-order valence-corrected chi connectivity index (χ2v) is 7.13. The number of aliphatic hydroxyl groups excluding tert-OH is 1. The Labute approximate surface area is 150 Å². The summed E-state index contributed by atoms with van der Waals surface area (Å²) in [7, 11) is 5.86. The van der Waals surface area contributed by atoms with Gasteiger partial charge in [0.05, 0.1) is 19.1 Å². The van der Waals surface area contributed by atoms with E-state index in [1.807, 2.05) is 51.2 Å². The number of hydrogen-bond donors (Lipinski definition) is 2. The van der Waals surface area contributed by atoms with Crippen molar-refractivity contribution in [2.45, 2.75) is 32.4 Å². The molecule has 1 aliphatic heterocycles. The molecule has 6 heteroatoms. The first kappa shape index (κ1) is 19.5. The van der Waals surface area contributed by atoms with E-state index < -0.39 is 0 Å². The van der Waals surface area contributed by atoms with Crippen molar-refractivity contribution in [3.63, 3.8) is 0 Å². The number of likely N-dealkylation sites (N-methyl/N-ethyl adjacent to an activating group) is 1. The minimum Gasteiger partial charge on any atom is -0.488 e. The normalized spacial score (nSPS) is 22.3. The number of carbonyl (C=O) groups excluding carboxylic acids is 1. The fraction of sp³-hybridized carbons (Fsp3) is 0.632. The van der Waals surface area contributed by atoms with Crippen LogP contribution in [-0.2, 0) is 11.2 Å². The van der Waals surface area contributed by atoms with Crippen LogP contribution in [0.5, 0.6) is 5.75 Å². The summed E-state index contributed by atoms with van der Waals surface area (Å²) in [5.74, 6) is 0.939. The van der Waals surface area contributed by atoms with E-state index >= 15 is 0 Å². The van der Waals surface area contributed by atoms with Crippen LogP contribution in [0.15, 0.2) is 18.2 Å². The maximum absolute atomic E-state index is 12.9. The van der Waals surface area contributed by atoms with Gasteiger partial charge in [-0.15, -0.1) is 0 Å². The number of hydrogen-bond acceptors (Lipinski definition) is 5. The highest BCUT2D eigenvalue weighted by Crippen LogP contribution is 2.29. The maximum Gasteiger partial charge on any atom is 0.227 e. The average molecular weight is 349 g/mol. The molecule has 1 aliphatic rings. The number of rotatable bonds is 5. The second-order valence-electron chi connectivity index (χ2n) is 7.13. The molecule has 2 rings (SSSR count). The van der Waals surface area contributed by atoms with Crippen molar-refractivity contribution in [2.24, 2.45) is 5.92 Å². The van der Waals surface area contributed by atoms with Crippen LogP contribution in [0.1, 0.15) is 19.4 Å². The average Bonchev–Trinajstić information content (AvgIpc) is 2.63. The second kappa shape index (κ2) is 8.54. The zero-order valence-corrected chi connectivity index (χ0v) is 16.0. The van der Waals surface area contributed by atoms with Gasteiger partial charge in [0.25, 0.3) is 0 Å². The molecule has 25 heavy (non-hydrogen) atoms. The van der Waals surface area contributed by atoms with Crippen LogP contribution < -0.4 is 15.0 Å². The lowest BCUT2D eigenvalue weighted by Crippen LogP contribution is -2.47. The Morgan fingerprint density at radius 3 is 2.76 bits per heavy atom. The molecule has 0 saturated carbocycles. The number of carbonyl (C=O) groups is 1. The molecule has 0 unspecified atom stereocenters. The van der Waals surface area contributed by atoms with E-state index in [1.54, 1.807) is 4.90 Å². The zero-order valence-electron chi connectivity index (χ0n) is 16.0. The van der Waals surface area contributed by atoms with Crippen LogP contribution in [0.25, 0.3) is 0 Å². The van der Waals surface area contributed by atoms with Gasteiger partial charge in [-0.3, -0.25) is 4.79 Å². The number of ether oxygens (including phenoxy) is 1. The molecule has 6 nitrogen and oxygen atoms in total. The first-order valence-corrected chi connectivity index (χ1v) is 8.89.